The quantitative estimate of drug-likeness (QED) is 0.376. The Morgan fingerprint density at radius 2 is 1.86 bits per heavy atom. The third-order valence-electron chi connectivity index (χ3n) is 5.10. The van der Waals surface area contributed by atoms with Crippen molar-refractivity contribution in [2.45, 2.75) is 39.7 Å². The normalized spacial score (nSPS) is 22.1. The molecule has 1 aliphatic rings. The Morgan fingerprint density at radius 1 is 1.21 bits per heavy atom. The summed E-state index contributed by atoms with van der Waals surface area (Å²) >= 11 is 0. The van der Waals surface area contributed by atoms with E-state index in [2.05, 4.69) is 16.6 Å². The third kappa shape index (κ3) is 4.49. The summed E-state index contributed by atoms with van der Waals surface area (Å²) in [6, 6.07) is 9.40. The summed E-state index contributed by atoms with van der Waals surface area (Å²) in [6.45, 7) is 7.17. The SMILES string of the molecule is COC(=O)/C=C(C)\C=C\[C@@]1(O)C(C)=C(C#Cc2ccccc2)C(=O)CC1(C)C. The molecule has 0 bridgehead atoms. The molecule has 1 aromatic rings. The maximum Gasteiger partial charge on any atom is 0.330 e. The van der Waals surface area contributed by atoms with Gasteiger partial charge < -0.3 is 9.84 Å². The van der Waals surface area contributed by atoms with Crippen LogP contribution in [0.3, 0.4) is 0 Å². The largest absolute Gasteiger partial charge is 0.466 e. The van der Waals surface area contributed by atoms with Crippen LogP contribution >= 0.6 is 0 Å². The average molecular weight is 378 g/mol. The first-order valence-electron chi connectivity index (χ1n) is 9.10. The second-order valence-corrected chi connectivity index (χ2v) is 7.61. The van der Waals surface area contributed by atoms with Gasteiger partial charge in [0.25, 0.3) is 0 Å². The molecular weight excluding hydrogens is 352 g/mol. The van der Waals surface area contributed by atoms with Crippen molar-refractivity contribution in [2.75, 3.05) is 7.11 Å². The number of carbonyl (C=O) groups excluding carboxylic acids is 2. The first kappa shape index (κ1) is 21.4. The van der Waals surface area contributed by atoms with E-state index in [1.165, 1.54) is 13.2 Å². The smallest absolute Gasteiger partial charge is 0.330 e. The minimum absolute atomic E-state index is 0.0779. The van der Waals surface area contributed by atoms with Gasteiger partial charge in [-0.3, -0.25) is 4.79 Å². The van der Waals surface area contributed by atoms with Crippen LogP contribution in [0.25, 0.3) is 0 Å². The lowest BCUT2D eigenvalue weighted by molar-refractivity contribution is -0.134. The van der Waals surface area contributed by atoms with Crippen molar-refractivity contribution in [1.82, 2.24) is 0 Å². The molecule has 0 aliphatic heterocycles. The molecule has 0 spiro atoms. The summed E-state index contributed by atoms with van der Waals surface area (Å²) < 4.78 is 4.62. The molecule has 146 valence electrons. The van der Waals surface area contributed by atoms with E-state index < -0.39 is 17.0 Å². The van der Waals surface area contributed by atoms with E-state index in [0.29, 0.717) is 16.7 Å². The Labute approximate surface area is 166 Å². The molecule has 0 radical (unpaired) electrons. The maximum absolute atomic E-state index is 12.7. The number of esters is 1. The Balaban J connectivity index is 2.49. The monoisotopic (exact) mass is 378 g/mol. The standard InChI is InChI=1S/C24H26O4/c1-17(15-22(26)28-5)13-14-24(27)18(2)20(21(25)16-23(24,3)4)12-11-19-9-7-6-8-10-19/h6-10,13-15,27H,16H2,1-5H3/b14-13+,17-15-/t24-/m1/s1. The number of allylic oxidation sites excluding steroid dienone is 3. The lowest BCUT2D eigenvalue weighted by Crippen LogP contribution is -2.49. The number of hydrogen-bond acceptors (Lipinski definition) is 4. The molecule has 1 N–H and O–H groups in total. The molecule has 4 nitrogen and oxygen atoms in total. The summed E-state index contributed by atoms with van der Waals surface area (Å²) in [5, 5.41) is 11.5. The van der Waals surface area contributed by atoms with E-state index in [0.717, 1.165) is 5.56 Å². The first-order valence-corrected chi connectivity index (χ1v) is 9.10. The Kier molecular flexibility index (Phi) is 6.43. The highest BCUT2D eigenvalue weighted by atomic mass is 16.5. The molecule has 0 unspecified atom stereocenters. The summed E-state index contributed by atoms with van der Waals surface area (Å²) in [7, 11) is 1.31. The molecule has 0 saturated carbocycles. The predicted octanol–water partition coefficient (Wildman–Crippen LogP) is 3.76. The van der Waals surface area contributed by atoms with Crippen LogP contribution in [-0.4, -0.2) is 29.6 Å². The van der Waals surface area contributed by atoms with Crippen LogP contribution < -0.4 is 0 Å². The second kappa shape index (κ2) is 8.41. The molecule has 1 aliphatic carbocycles. The minimum atomic E-state index is -1.37. The van der Waals surface area contributed by atoms with Gasteiger partial charge in [0.2, 0.25) is 0 Å². The number of hydrogen-bond donors (Lipinski definition) is 1. The van der Waals surface area contributed by atoms with Gasteiger partial charge in [0.1, 0.15) is 5.60 Å². The van der Waals surface area contributed by atoms with E-state index in [-0.39, 0.29) is 12.2 Å². The second-order valence-electron chi connectivity index (χ2n) is 7.61. The van der Waals surface area contributed by atoms with Crippen molar-refractivity contribution in [1.29, 1.82) is 0 Å². The van der Waals surface area contributed by atoms with Crippen molar-refractivity contribution in [3.63, 3.8) is 0 Å². The molecule has 0 amide bonds. The van der Waals surface area contributed by atoms with Gasteiger partial charge in [-0.15, -0.1) is 0 Å². The summed E-state index contributed by atoms with van der Waals surface area (Å²) in [5.74, 6) is 5.42. The van der Waals surface area contributed by atoms with Gasteiger partial charge >= 0.3 is 5.97 Å². The highest BCUT2D eigenvalue weighted by Crippen LogP contribution is 2.46. The molecule has 0 aromatic heterocycles. The van der Waals surface area contributed by atoms with E-state index >= 15 is 0 Å². The molecule has 2 rings (SSSR count). The highest BCUT2D eigenvalue weighted by Gasteiger charge is 2.49. The lowest BCUT2D eigenvalue weighted by atomic mass is 9.62. The molecule has 4 heteroatoms. The number of methoxy groups -OCH3 is 1. The fourth-order valence-corrected chi connectivity index (χ4v) is 3.25. The molecular formula is C24H26O4. The topological polar surface area (TPSA) is 63.6 Å². The van der Waals surface area contributed by atoms with Crippen molar-refractivity contribution >= 4 is 11.8 Å². The summed E-state index contributed by atoms with van der Waals surface area (Å²) in [4.78, 5) is 24.1. The zero-order valence-electron chi connectivity index (χ0n) is 17.0. The van der Waals surface area contributed by atoms with Gasteiger partial charge in [-0.2, -0.15) is 0 Å². The first-order chi connectivity index (χ1) is 13.1. The van der Waals surface area contributed by atoms with E-state index in [9.17, 15) is 14.7 Å². The van der Waals surface area contributed by atoms with Crippen LogP contribution in [0.1, 0.15) is 39.7 Å². The van der Waals surface area contributed by atoms with E-state index in [4.69, 9.17) is 0 Å². The van der Waals surface area contributed by atoms with Crippen molar-refractivity contribution in [3.05, 3.63) is 70.8 Å². The Hall–Kier alpha value is -2.90. The Bertz CT molecular complexity index is 920. The summed E-state index contributed by atoms with van der Waals surface area (Å²) in [6.07, 6.45) is 4.81. The fourth-order valence-electron chi connectivity index (χ4n) is 3.25. The maximum atomic E-state index is 12.7. The molecule has 0 heterocycles. The van der Waals surface area contributed by atoms with E-state index in [1.807, 2.05) is 44.2 Å². The molecule has 0 fully saturated rings. The molecule has 1 aromatic carbocycles. The van der Waals surface area contributed by atoms with Gasteiger partial charge in [-0.05, 0) is 43.2 Å². The van der Waals surface area contributed by atoms with Gasteiger partial charge in [-0.1, -0.05) is 50.0 Å². The number of ether oxygens (including phenoxy) is 1. The number of carbonyl (C=O) groups is 2. The van der Waals surface area contributed by atoms with E-state index in [1.54, 1.807) is 26.0 Å². The van der Waals surface area contributed by atoms with Crippen LogP contribution in [0, 0.1) is 17.3 Å². The van der Waals surface area contributed by atoms with Crippen LogP contribution in [0.15, 0.2) is 65.3 Å². The molecule has 1 atom stereocenters. The van der Waals surface area contributed by atoms with Crippen molar-refractivity contribution < 1.29 is 19.4 Å². The number of aliphatic hydroxyl groups is 1. The highest BCUT2D eigenvalue weighted by molar-refractivity contribution is 6.02. The van der Waals surface area contributed by atoms with Crippen molar-refractivity contribution in [3.8, 4) is 11.8 Å². The zero-order valence-corrected chi connectivity index (χ0v) is 17.0. The number of ketones is 1. The van der Waals surface area contributed by atoms with Gasteiger partial charge in [0, 0.05) is 23.5 Å². The number of rotatable bonds is 3. The third-order valence-corrected chi connectivity index (χ3v) is 5.10. The van der Waals surface area contributed by atoms with Crippen LogP contribution in [0.2, 0.25) is 0 Å². The Morgan fingerprint density at radius 3 is 2.46 bits per heavy atom. The lowest BCUT2D eigenvalue weighted by Gasteiger charge is -2.45. The number of benzene rings is 1. The molecule has 0 saturated heterocycles. The van der Waals surface area contributed by atoms with Crippen LogP contribution in [-0.2, 0) is 14.3 Å². The zero-order chi connectivity index (χ0) is 20.9. The number of Topliss-reactive ketones (excluding diaryl/α,β-unsaturated/α-hetero) is 1. The van der Waals surface area contributed by atoms with Crippen LogP contribution in [0.5, 0.6) is 0 Å². The predicted molar refractivity (Wildman–Crippen MR) is 109 cm³/mol. The molecule has 28 heavy (non-hydrogen) atoms. The van der Waals surface area contributed by atoms with Gasteiger partial charge in [0.05, 0.1) is 12.7 Å². The van der Waals surface area contributed by atoms with Crippen LogP contribution in [0.4, 0.5) is 0 Å². The fraction of sp³-hybridized carbons (Fsp3) is 0.333. The van der Waals surface area contributed by atoms with Crippen molar-refractivity contribution in [2.24, 2.45) is 5.41 Å². The van der Waals surface area contributed by atoms with Gasteiger partial charge in [-0.25, -0.2) is 4.79 Å². The van der Waals surface area contributed by atoms with Gasteiger partial charge in [0.15, 0.2) is 5.78 Å². The average Bonchev–Trinajstić information content (AvgIpc) is 2.65. The minimum Gasteiger partial charge on any atom is -0.466 e. The summed E-state index contributed by atoms with van der Waals surface area (Å²) in [5.41, 5.74) is 0.208.